The van der Waals surface area contributed by atoms with E-state index in [2.05, 4.69) is 25.2 Å². The maximum Gasteiger partial charge on any atom is 0.224 e. The summed E-state index contributed by atoms with van der Waals surface area (Å²) >= 11 is 0. The lowest BCUT2D eigenvalue weighted by Gasteiger charge is -2.11. The number of hydrogen-bond donors (Lipinski definition) is 1. The van der Waals surface area contributed by atoms with Gasteiger partial charge >= 0.3 is 0 Å². The molecule has 2 aromatic rings. The topological polar surface area (TPSA) is 56.8 Å². The molecule has 0 aliphatic carbocycles. The molecule has 0 heterocycles. The lowest BCUT2D eigenvalue weighted by molar-refractivity contribution is -0.120. The Morgan fingerprint density at radius 3 is 2.50 bits per heavy atom. The molecule has 0 spiro atoms. The van der Waals surface area contributed by atoms with Gasteiger partial charge in [0.2, 0.25) is 5.91 Å². The van der Waals surface area contributed by atoms with Crippen LogP contribution in [0.1, 0.15) is 30.9 Å². The standard InChI is InChI=1S/C21H27NO4/c1-15(2)17-6-5-7-18(14-17)26-11-10-22-21(23)13-16-8-9-19(24-3)20(12-16)25-4/h5-9,12,14-15H,10-11,13H2,1-4H3,(H,22,23). The predicted octanol–water partition coefficient (Wildman–Crippen LogP) is 3.56. The Labute approximate surface area is 155 Å². The van der Waals surface area contributed by atoms with Crippen molar-refractivity contribution in [1.29, 1.82) is 0 Å². The number of carbonyl (C=O) groups excluding carboxylic acids is 1. The van der Waals surface area contributed by atoms with Crippen LogP contribution < -0.4 is 19.5 Å². The van der Waals surface area contributed by atoms with E-state index in [9.17, 15) is 4.79 Å². The molecule has 0 aliphatic heterocycles. The first-order chi connectivity index (χ1) is 12.5. The Morgan fingerprint density at radius 1 is 1.04 bits per heavy atom. The maximum atomic E-state index is 12.1. The van der Waals surface area contributed by atoms with Crippen molar-refractivity contribution in [1.82, 2.24) is 5.32 Å². The van der Waals surface area contributed by atoms with Crippen molar-refractivity contribution in [3.05, 3.63) is 53.6 Å². The Kier molecular flexibility index (Phi) is 7.33. The second-order valence-electron chi connectivity index (χ2n) is 6.29. The molecule has 0 unspecified atom stereocenters. The number of hydrogen-bond acceptors (Lipinski definition) is 4. The minimum absolute atomic E-state index is 0.0586. The summed E-state index contributed by atoms with van der Waals surface area (Å²) in [6.07, 6.45) is 0.281. The van der Waals surface area contributed by atoms with E-state index >= 15 is 0 Å². The highest BCUT2D eigenvalue weighted by Crippen LogP contribution is 2.27. The molecule has 0 aliphatic rings. The summed E-state index contributed by atoms with van der Waals surface area (Å²) in [5, 5.41) is 2.87. The maximum absolute atomic E-state index is 12.1. The average Bonchev–Trinajstić information content (AvgIpc) is 2.65. The zero-order valence-electron chi connectivity index (χ0n) is 15.9. The van der Waals surface area contributed by atoms with Gasteiger partial charge in [0.15, 0.2) is 11.5 Å². The molecule has 1 N–H and O–H groups in total. The molecule has 2 rings (SSSR count). The highest BCUT2D eigenvalue weighted by molar-refractivity contribution is 5.78. The summed E-state index contributed by atoms with van der Waals surface area (Å²) in [5.74, 6) is 2.49. The number of nitrogens with one attached hydrogen (secondary N) is 1. The fraction of sp³-hybridized carbons (Fsp3) is 0.381. The molecule has 0 aromatic heterocycles. The number of rotatable bonds is 9. The number of amides is 1. The quantitative estimate of drug-likeness (QED) is 0.697. The highest BCUT2D eigenvalue weighted by atomic mass is 16.5. The molecule has 1 amide bonds. The van der Waals surface area contributed by atoms with Gasteiger partial charge in [-0.1, -0.05) is 32.0 Å². The fourth-order valence-corrected chi connectivity index (χ4v) is 2.56. The first-order valence-corrected chi connectivity index (χ1v) is 8.74. The molecule has 5 heteroatoms. The third-order valence-electron chi connectivity index (χ3n) is 4.03. The molecular weight excluding hydrogens is 330 g/mol. The van der Waals surface area contributed by atoms with E-state index in [1.54, 1.807) is 20.3 Å². The van der Waals surface area contributed by atoms with Crippen molar-refractivity contribution in [2.45, 2.75) is 26.2 Å². The third kappa shape index (κ3) is 5.69. The van der Waals surface area contributed by atoms with Crippen LogP contribution in [0.3, 0.4) is 0 Å². The van der Waals surface area contributed by atoms with E-state index in [4.69, 9.17) is 14.2 Å². The predicted molar refractivity (Wildman–Crippen MR) is 102 cm³/mol. The summed E-state index contributed by atoms with van der Waals surface area (Å²) in [6, 6.07) is 13.5. The molecule has 0 fully saturated rings. The van der Waals surface area contributed by atoms with E-state index in [1.807, 2.05) is 30.3 Å². The Balaban J connectivity index is 1.78. The van der Waals surface area contributed by atoms with Gasteiger partial charge in [-0.3, -0.25) is 4.79 Å². The molecule has 26 heavy (non-hydrogen) atoms. The van der Waals surface area contributed by atoms with Crippen molar-refractivity contribution >= 4 is 5.91 Å². The first kappa shape index (κ1) is 19.6. The smallest absolute Gasteiger partial charge is 0.224 e. The third-order valence-corrected chi connectivity index (χ3v) is 4.03. The summed E-state index contributed by atoms with van der Waals surface area (Å²) < 4.78 is 16.2. The number of methoxy groups -OCH3 is 2. The zero-order valence-corrected chi connectivity index (χ0v) is 15.9. The van der Waals surface area contributed by atoms with Crippen LogP contribution in [0.5, 0.6) is 17.2 Å². The van der Waals surface area contributed by atoms with Crippen LogP contribution in [0.15, 0.2) is 42.5 Å². The summed E-state index contributed by atoms with van der Waals surface area (Å²) in [4.78, 5) is 12.1. The molecule has 0 atom stereocenters. The van der Waals surface area contributed by atoms with Crippen molar-refractivity contribution in [3.63, 3.8) is 0 Å². The van der Waals surface area contributed by atoms with E-state index in [1.165, 1.54) is 5.56 Å². The van der Waals surface area contributed by atoms with Gasteiger partial charge in [-0.25, -0.2) is 0 Å². The van der Waals surface area contributed by atoms with Crippen molar-refractivity contribution in [3.8, 4) is 17.2 Å². The molecule has 140 valence electrons. The SMILES string of the molecule is COc1ccc(CC(=O)NCCOc2cccc(C(C)C)c2)cc1OC. The van der Waals surface area contributed by atoms with Crippen molar-refractivity contribution in [2.75, 3.05) is 27.4 Å². The van der Waals surface area contributed by atoms with E-state index in [0.717, 1.165) is 11.3 Å². The molecular formula is C21H27NO4. The fourth-order valence-electron chi connectivity index (χ4n) is 2.56. The monoisotopic (exact) mass is 357 g/mol. The lowest BCUT2D eigenvalue weighted by Crippen LogP contribution is -2.29. The van der Waals surface area contributed by atoms with Crippen molar-refractivity contribution in [2.24, 2.45) is 0 Å². The molecule has 0 radical (unpaired) electrons. The lowest BCUT2D eigenvalue weighted by atomic mass is 10.0. The molecule has 5 nitrogen and oxygen atoms in total. The van der Waals surface area contributed by atoms with Crippen LogP contribution >= 0.6 is 0 Å². The number of benzene rings is 2. The van der Waals surface area contributed by atoms with Crippen LogP contribution in [0.4, 0.5) is 0 Å². The van der Waals surface area contributed by atoms with Crippen LogP contribution in [0.2, 0.25) is 0 Å². The Hall–Kier alpha value is -2.69. The second-order valence-corrected chi connectivity index (χ2v) is 6.29. The molecule has 0 bridgehead atoms. The van der Waals surface area contributed by atoms with Gasteiger partial charge in [-0.15, -0.1) is 0 Å². The van der Waals surface area contributed by atoms with Gasteiger partial charge < -0.3 is 19.5 Å². The van der Waals surface area contributed by atoms with Crippen LogP contribution in [-0.4, -0.2) is 33.3 Å². The van der Waals surface area contributed by atoms with Gasteiger partial charge in [0, 0.05) is 0 Å². The van der Waals surface area contributed by atoms with Gasteiger partial charge in [-0.2, -0.15) is 0 Å². The van der Waals surface area contributed by atoms with E-state index in [-0.39, 0.29) is 12.3 Å². The Bertz CT molecular complexity index is 728. The average molecular weight is 357 g/mol. The van der Waals surface area contributed by atoms with E-state index in [0.29, 0.717) is 30.6 Å². The zero-order chi connectivity index (χ0) is 18.9. The van der Waals surface area contributed by atoms with Crippen LogP contribution in [0, 0.1) is 0 Å². The minimum Gasteiger partial charge on any atom is -0.493 e. The van der Waals surface area contributed by atoms with Gasteiger partial charge in [-0.05, 0) is 41.3 Å². The minimum atomic E-state index is -0.0586. The van der Waals surface area contributed by atoms with Gasteiger partial charge in [0.1, 0.15) is 12.4 Å². The van der Waals surface area contributed by atoms with Crippen molar-refractivity contribution < 1.29 is 19.0 Å². The highest BCUT2D eigenvalue weighted by Gasteiger charge is 2.08. The molecule has 0 saturated carbocycles. The van der Waals surface area contributed by atoms with Crippen LogP contribution in [0.25, 0.3) is 0 Å². The number of carbonyl (C=O) groups is 1. The first-order valence-electron chi connectivity index (χ1n) is 8.74. The normalized spacial score (nSPS) is 10.5. The van der Waals surface area contributed by atoms with Gasteiger partial charge in [0.05, 0.1) is 27.2 Å². The van der Waals surface area contributed by atoms with E-state index < -0.39 is 0 Å². The largest absolute Gasteiger partial charge is 0.493 e. The van der Waals surface area contributed by atoms with Crippen LogP contribution in [-0.2, 0) is 11.2 Å². The summed E-state index contributed by atoms with van der Waals surface area (Å²) in [5.41, 5.74) is 2.10. The van der Waals surface area contributed by atoms with Gasteiger partial charge in [0.25, 0.3) is 0 Å². The number of ether oxygens (including phenoxy) is 3. The second kappa shape index (κ2) is 9.70. The molecule has 0 saturated heterocycles. The molecule has 2 aromatic carbocycles. The summed E-state index contributed by atoms with van der Waals surface area (Å²) in [7, 11) is 3.16. The Morgan fingerprint density at radius 2 is 1.81 bits per heavy atom. The summed E-state index contributed by atoms with van der Waals surface area (Å²) in [6.45, 7) is 5.18.